The summed E-state index contributed by atoms with van der Waals surface area (Å²) in [5.41, 5.74) is 2.61. The van der Waals surface area contributed by atoms with Gasteiger partial charge < -0.3 is 14.6 Å². The number of Topliss-reactive ketones (excluding diaryl/α,β-unsaturated/α-hetero) is 1. The molecule has 0 spiro atoms. The minimum absolute atomic E-state index is 0.0124. The maximum atomic E-state index is 13.4. The molecule has 1 aliphatic heterocycles. The van der Waals surface area contributed by atoms with Crippen molar-refractivity contribution in [1.82, 2.24) is 14.8 Å². The quantitative estimate of drug-likeness (QED) is 0.697. The zero-order valence-corrected chi connectivity index (χ0v) is 17.2. The number of fused-ring (bicyclic) bond motifs is 2. The molecule has 1 aromatic heterocycles. The molecular weight excluding hydrogens is 396 g/mol. The number of aliphatic imine (C=N–C) groups is 1. The van der Waals surface area contributed by atoms with Crippen LogP contribution in [0.4, 0.5) is 5.95 Å². The van der Waals surface area contributed by atoms with E-state index in [1.54, 1.807) is 37.1 Å². The van der Waals surface area contributed by atoms with Gasteiger partial charge in [0.15, 0.2) is 11.5 Å². The SMILES string of the molecule is COc1ccc(C2CC(=O)C3C(=Nc4ncnn4C3c3cccc(O)c3)C2)cc1OC. The molecule has 2 aliphatic rings. The van der Waals surface area contributed by atoms with E-state index in [4.69, 9.17) is 14.5 Å². The van der Waals surface area contributed by atoms with Crippen molar-refractivity contribution in [2.75, 3.05) is 14.2 Å². The van der Waals surface area contributed by atoms with Crippen LogP contribution in [-0.2, 0) is 4.79 Å². The standard InChI is InChI=1S/C23H22N4O4/c1-30-19-7-6-13(11-20(19)31-2)15-9-17-21(18(29)10-15)22(14-4-3-5-16(28)8-14)27-23(26-17)24-12-25-27/h3-8,11-12,15,21-22,28H,9-10H2,1-2H3. The van der Waals surface area contributed by atoms with Gasteiger partial charge >= 0.3 is 0 Å². The molecule has 0 amide bonds. The Labute approximate surface area is 179 Å². The second kappa shape index (κ2) is 7.54. The van der Waals surface area contributed by atoms with Gasteiger partial charge in [-0.1, -0.05) is 18.2 Å². The Morgan fingerprint density at radius 3 is 2.65 bits per heavy atom. The lowest BCUT2D eigenvalue weighted by Gasteiger charge is -2.37. The Kier molecular flexibility index (Phi) is 4.69. The van der Waals surface area contributed by atoms with Gasteiger partial charge in [-0.2, -0.15) is 10.1 Å². The van der Waals surface area contributed by atoms with Crippen LogP contribution in [0.15, 0.2) is 53.8 Å². The lowest BCUT2D eigenvalue weighted by molar-refractivity contribution is -0.122. The summed E-state index contributed by atoms with van der Waals surface area (Å²) >= 11 is 0. The van der Waals surface area contributed by atoms with E-state index >= 15 is 0 Å². The third-order valence-electron chi connectivity index (χ3n) is 6.08. The number of carbonyl (C=O) groups excluding carboxylic acids is 1. The molecule has 1 fully saturated rings. The summed E-state index contributed by atoms with van der Waals surface area (Å²) in [4.78, 5) is 22.4. The van der Waals surface area contributed by atoms with Gasteiger partial charge in [0.2, 0.25) is 5.95 Å². The van der Waals surface area contributed by atoms with E-state index < -0.39 is 5.92 Å². The molecular formula is C23H22N4O4. The zero-order valence-electron chi connectivity index (χ0n) is 17.2. The highest BCUT2D eigenvalue weighted by Crippen LogP contribution is 2.44. The predicted octanol–water partition coefficient (Wildman–Crippen LogP) is 3.44. The number of aromatic hydroxyl groups is 1. The third kappa shape index (κ3) is 3.24. The molecule has 0 saturated heterocycles. The molecule has 3 aromatic rings. The summed E-state index contributed by atoms with van der Waals surface area (Å²) < 4.78 is 12.5. The number of nitrogens with zero attached hydrogens (tertiary/aromatic N) is 4. The van der Waals surface area contributed by atoms with Gasteiger partial charge in [-0.05, 0) is 47.7 Å². The number of hydrogen-bond acceptors (Lipinski definition) is 7. The Hall–Kier alpha value is -3.68. The number of rotatable bonds is 4. The number of methoxy groups -OCH3 is 2. The minimum atomic E-state index is -0.438. The molecule has 2 heterocycles. The van der Waals surface area contributed by atoms with Crippen LogP contribution in [0, 0.1) is 5.92 Å². The Bertz CT molecular complexity index is 1190. The Morgan fingerprint density at radius 2 is 1.87 bits per heavy atom. The van der Waals surface area contributed by atoms with E-state index in [9.17, 15) is 9.90 Å². The van der Waals surface area contributed by atoms with Crippen LogP contribution < -0.4 is 9.47 Å². The first-order valence-corrected chi connectivity index (χ1v) is 10.1. The third-order valence-corrected chi connectivity index (χ3v) is 6.08. The Balaban J connectivity index is 1.54. The molecule has 31 heavy (non-hydrogen) atoms. The topological polar surface area (TPSA) is 98.8 Å². The van der Waals surface area contributed by atoms with Crippen molar-refractivity contribution in [2.45, 2.75) is 24.8 Å². The number of aromatic nitrogens is 3. The molecule has 158 valence electrons. The highest BCUT2D eigenvalue weighted by Gasteiger charge is 2.44. The van der Waals surface area contributed by atoms with Gasteiger partial charge in [-0.25, -0.2) is 9.67 Å². The summed E-state index contributed by atoms with van der Waals surface area (Å²) in [7, 11) is 3.20. The van der Waals surface area contributed by atoms with E-state index in [0.29, 0.717) is 30.3 Å². The van der Waals surface area contributed by atoms with Crippen molar-refractivity contribution >= 4 is 17.4 Å². The van der Waals surface area contributed by atoms with Crippen molar-refractivity contribution in [2.24, 2.45) is 10.9 Å². The minimum Gasteiger partial charge on any atom is -0.508 e. The van der Waals surface area contributed by atoms with Gasteiger partial charge in [0, 0.05) is 12.1 Å². The van der Waals surface area contributed by atoms with Gasteiger partial charge in [0.1, 0.15) is 17.9 Å². The number of carbonyl (C=O) groups is 1. The molecule has 0 radical (unpaired) electrons. The number of phenols is 1. The van der Waals surface area contributed by atoms with E-state index in [-0.39, 0.29) is 23.5 Å². The zero-order chi connectivity index (χ0) is 21.5. The lowest BCUT2D eigenvalue weighted by Crippen LogP contribution is -2.41. The van der Waals surface area contributed by atoms with Crippen LogP contribution in [-0.4, -0.2) is 45.6 Å². The lowest BCUT2D eigenvalue weighted by atomic mass is 9.72. The summed E-state index contributed by atoms with van der Waals surface area (Å²) in [6, 6.07) is 12.3. The summed E-state index contributed by atoms with van der Waals surface area (Å²) in [5.74, 6) is 1.55. The van der Waals surface area contributed by atoms with E-state index in [1.165, 1.54) is 6.33 Å². The highest BCUT2D eigenvalue weighted by atomic mass is 16.5. The fourth-order valence-electron chi connectivity index (χ4n) is 4.66. The molecule has 8 nitrogen and oxygen atoms in total. The van der Waals surface area contributed by atoms with Crippen LogP contribution in [0.1, 0.15) is 35.9 Å². The van der Waals surface area contributed by atoms with Crippen LogP contribution in [0.25, 0.3) is 0 Å². The molecule has 3 unspecified atom stereocenters. The summed E-state index contributed by atoms with van der Waals surface area (Å²) in [5, 5.41) is 14.3. The summed E-state index contributed by atoms with van der Waals surface area (Å²) in [6.45, 7) is 0. The summed E-state index contributed by atoms with van der Waals surface area (Å²) in [6.07, 6.45) is 2.47. The van der Waals surface area contributed by atoms with Crippen molar-refractivity contribution in [3.8, 4) is 17.2 Å². The monoisotopic (exact) mass is 418 g/mol. The molecule has 2 aromatic carbocycles. The van der Waals surface area contributed by atoms with Gasteiger partial charge in [-0.3, -0.25) is 4.79 Å². The van der Waals surface area contributed by atoms with Crippen LogP contribution in [0.5, 0.6) is 17.2 Å². The number of hydrogen-bond donors (Lipinski definition) is 1. The Morgan fingerprint density at radius 1 is 1.03 bits per heavy atom. The second-order valence-corrected chi connectivity index (χ2v) is 7.81. The maximum absolute atomic E-state index is 13.4. The maximum Gasteiger partial charge on any atom is 0.248 e. The molecule has 8 heteroatoms. The van der Waals surface area contributed by atoms with E-state index in [0.717, 1.165) is 16.8 Å². The largest absolute Gasteiger partial charge is 0.508 e. The van der Waals surface area contributed by atoms with Crippen LogP contribution >= 0.6 is 0 Å². The average Bonchev–Trinajstić information content (AvgIpc) is 3.25. The first-order valence-electron chi connectivity index (χ1n) is 10.1. The normalized spacial score (nSPS) is 22.3. The number of ether oxygens (including phenoxy) is 2. The first kappa shape index (κ1) is 19.3. The van der Waals surface area contributed by atoms with Gasteiger partial charge in [0.25, 0.3) is 0 Å². The van der Waals surface area contributed by atoms with Crippen molar-refractivity contribution in [3.05, 3.63) is 59.9 Å². The number of ketones is 1. The van der Waals surface area contributed by atoms with E-state index in [2.05, 4.69) is 10.1 Å². The molecule has 1 aliphatic carbocycles. The fraction of sp³-hybridized carbons (Fsp3) is 0.304. The predicted molar refractivity (Wildman–Crippen MR) is 113 cm³/mol. The van der Waals surface area contributed by atoms with Gasteiger partial charge in [-0.15, -0.1) is 0 Å². The number of benzene rings is 2. The molecule has 1 saturated carbocycles. The molecule has 5 rings (SSSR count). The van der Waals surface area contributed by atoms with E-state index in [1.807, 2.05) is 24.3 Å². The van der Waals surface area contributed by atoms with Crippen molar-refractivity contribution in [1.29, 1.82) is 0 Å². The van der Waals surface area contributed by atoms with Crippen molar-refractivity contribution in [3.63, 3.8) is 0 Å². The highest BCUT2D eigenvalue weighted by molar-refractivity contribution is 6.10. The smallest absolute Gasteiger partial charge is 0.248 e. The van der Waals surface area contributed by atoms with Crippen LogP contribution in [0.3, 0.4) is 0 Å². The average molecular weight is 418 g/mol. The van der Waals surface area contributed by atoms with Crippen molar-refractivity contribution < 1.29 is 19.4 Å². The molecule has 3 atom stereocenters. The molecule has 0 bridgehead atoms. The van der Waals surface area contributed by atoms with Crippen LogP contribution in [0.2, 0.25) is 0 Å². The second-order valence-electron chi connectivity index (χ2n) is 7.81. The van der Waals surface area contributed by atoms with Gasteiger partial charge in [0.05, 0.1) is 26.2 Å². The first-order chi connectivity index (χ1) is 15.1. The fourth-order valence-corrected chi connectivity index (χ4v) is 4.66. The number of phenolic OH excluding ortho intramolecular Hbond substituents is 1. The molecule has 1 N–H and O–H groups in total.